The Balaban J connectivity index is 2.20. The van der Waals surface area contributed by atoms with E-state index < -0.39 is 0 Å². The minimum absolute atomic E-state index is 0.247. The first-order chi connectivity index (χ1) is 9.40. The molecule has 0 saturated carbocycles. The normalized spacial score (nSPS) is 17.9. The summed E-state index contributed by atoms with van der Waals surface area (Å²) in [5.74, 6) is 1.75. The maximum Gasteiger partial charge on any atom is 0.236 e. The van der Waals surface area contributed by atoms with Gasteiger partial charge in [-0.1, -0.05) is 13.8 Å². The largest absolute Gasteiger partial charge is 0.342 e. The van der Waals surface area contributed by atoms with Crippen LogP contribution in [0.1, 0.15) is 40.5 Å². The Labute approximate surface area is 124 Å². The minimum Gasteiger partial charge on any atom is -0.342 e. The lowest BCUT2D eigenvalue weighted by Gasteiger charge is -2.33. The van der Waals surface area contributed by atoms with Crippen LogP contribution in [0.25, 0.3) is 0 Å². The molecule has 20 heavy (non-hydrogen) atoms. The Morgan fingerprint density at radius 3 is 2.35 bits per heavy atom. The summed E-state index contributed by atoms with van der Waals surface area (Å²) >= 11 is 0. The van der Waals surface area contributed by atoms with Gasteiger partial charge in [-0.2, -0.15) is 0 Å². The molecule has 1 aliphatic heterocycles. The van der Waals surface area contributed by atoms with Crippen molar-refractivity contribution in [1.29, 1.82) is 0 Å². The van der Waals surface area contributed by atoms with E-state index in [1.54, 1.807) is 0 Å². The second-order valence-electron chi connectivity index (χ2n) is 6.87. The van der Waals surface area contributed by atoms with Crippen LogP contribution in [0.4, 0.5) is 0 Å². The van der Waals surface area contributed by atoms with Crippen LogP contribution in [0.5, 0.6) is 0 Å². The van der Waals surface area contributed by atoms with Gasteiger partial charge in [0.2, 0.25) is 5.91 Å². The maximum absolute atomic E-state index is 12.1. The molecule has 0 aromatic heterocycles. The SMILES string of the molecule is CC(C)CNCC1CCN(CC(=O)N(C)C(C)C)CC1. The van der Waals surface area contributed by atoms with Gasteiger partial charge in [0.25, 0.3) is 0 Å². The summed E-state index contributed by atoms with van der Waals surface area (Å²) in [6.07, 6.45) is 2.42. The molecule has 1 fully saturated rings. The fourth-order valence-corrected chi connectivity index (χ4v) is 2.52. The summed E-state index contributed by atoms with van der Waals surface area (Å²) in [4.78, 5) is 16.2. The summed E-state index contributed by atoms with van der Waals surface area (Å²) in [5.41, 5.74) is 0. The summed E-state index contributed by atoms with van der Waals surface area (Å²) in [7, 11) is 1.90. The molecular weight excluding hydrogens is 250 g/mol. The summed E-state index contributed by atoms with van der Waals surface area (Å²) in [6.45, 7) is 13.6. The number of carbonyl (C=O) groups is 1. The predicted octanol–water partition coefficient (Wildman–Crippen LogP) is 1.81. The van der Waals surface area contributed by atoms with Crippen molar-refractivity contribution < 1.29 is 4.79 Å². The Bertz CT molecular complexity index is 283. The number of likely N-dealkylation sites (tertiary alicyclic amines) is 1. The number of hydrogen-bond acceptors (Lipinski definition) is 3. The van der Waals surface area contributed by atoms with Crippen LogP contribution in [-0.2, 0) is 4.79 Å². The predicted molar refractivity (Wildman–Crippen MR) is 84.8 cm³/mol. The van der Waals surface area contributed by atoms with E-state index in [0.717, 1.165) is 38.0 Å². The molecule has 0 radical (unpaired) electrons. The van der Waals surface area contributed by atoms with Crippen LogP contribution in [0.3, 0.4) is 0 Å². The molecule has 1 amide bonds. The molecule has 118 valence electrons. The van der Waals surface area contributed by atoms with Gasteiger partial charge in [0.15, 0.2) is 0 Å². The van der Waals surface area contributed by atoms with Crippen LogP contribution in [0.15, 0.2) is 0 Å². The number of nitrogens with one attached hydrogen (secondary N) is 1. The molecule has 1 saturated heterocycles. The monoisotopic (exact) mass is 283 g/mol. The second-order valence-corrected chi connectivity index (χ2v) is 6.87. The molecule has 0 atom stereocenters. The van der Waals surface area contributed by atoms with E-state index in [-0.39, 0.29) is 5.91 Å². The molecule has 1 aliphatic rings. The maximum atomic E-state index is 12.1. The molecule has 1 rings (SSSR count). The van der Waals surface area contributed by atoms with Gasteiger partial charge in [0, 0.05) is 13.1 Å². The number of carbonyl (C=O) groups excluding carboxylic acids is 1. The van der Waals surface area contributed by atoms with Gasteiger partial charge >= 0.3 is 0 Å². The molecule has 0 aromatic carbocycles. The number of amides is 1. The molecule has 1 N–H and O–H groups in total. The third-order valence-electron chi connectivity index (χ3n) is 4.22. The molecule has 1 heterocycles. The van der Waals surface area contributed by atoms with Crippen molar-refractivity contribution in [2.45, 2.75) is 46.6 Å². The van der Waals surface area contributed by atoms with Crippen molar-refractivity contribution in [1.82, 2.24) is 15.1 Å². The molecule has 0 unspecified atom stereocenters. The smallest absolute Gasteiger partial charge is 0.236 e. The van der Waals surface area contributed by atoms with Crippen LogP contribution < -0.4 is 5.32 Å². The number of likely N-dealkylation sites (N-methyl/N-ethyl adjacent to an activating group) is 1. The van der Waals surface area contributed by atoms with Gasteiger partial charge in [0.05, 0.1) is 6.54 Å². The summed E-state index contributed by atoms with van der Waals surface area (Å²) in [6, 6.07) is 0.292. The third kappa shape index (κ3) is 6.23. The summed E-state index contributed by atoms with van der Waals surface area (Å²) < 4.78 is 0. The fraction of sp³-hybridized carbons (Fsp3) is 0.938. The second kappa shape index (κ2) is 8.63. The number of rotatable bonds is 7. The van der Waals surface area contributed by atoms with Crippen molar-refractivity contribution in [2.24, 2.45) is 11.8 Å². The van der Waals surface area contributed by atoms with Crippen molar-refractivity contribution in [3.05, 3.63) is 0 Å². The zero-order valence-corrected chi connectivity index (χ0v) is 14.0. The van der Waals surface area contributed by atoms with Gasteiger partial charge in [-0.05, 0) is 64.7 Å². The van der Waals surface area contributed by atoms with Gasteiger partial charge in [-0.15, -0.1) is 0 Å². The quantitative estimate of drug-likeness (QED) is 0.774. The fourth-order valence-electron chi connectivity index (χ4n) is 2.52. The van der Waals surface area contributed by atoms with Crippen LogP contribution in [-0.4, -0.2) is 61.5 Å². The zero-order valence-electron chi connectivity index (χ0n) is 14.0. The average molecular weight is 283 g/mol. The lowest BCUT2D eigenvalue weighted by molar-refractivity contribution is -0.132. The topological polar surface area (TPSA) is 35.6 Å². The highest BCUT2D eigenvalue weighted by Crippen LogP contribution is 2.16. The van der Waals surface area contributed by atoms with E-state index in [1.807, 2.05) is 11.9 Å². The molecule has 0 spiro atoms. The third-order valence-corrected chi connectivity index (χ3v) is 4.22. The van der Waals surface area contributed by atoms with E-state index in [1.165, 1.54) is 12.8 Å². The highest BCUT2D eigenvalue weighted by atomic mass is 16.2. The van der Waals surface area contributed by atoms with Gasteiger partial charge in [0.1, 0.15) is 0 Å². The van der Waals surface area contributed by atoms with Crippen molar-refractivity contribution in [2.75, 3.05) is 39.8 Å². The van der Waals surface area contributed by atoms with Crippen molar-refractivity contribution in [3.8, 4) is 0 Å². The van der Waals surface area contributed by atoms with Gasteiger partial charge in [-0.3, -0.25) is 9.69 Å². The first kappa shape index (κ1) is 17.4. The molecular formula is C16H33N3O. The highest BCUT2D eigenvalue weighted by Gasteiger charge is 2.22. The van der Waals surface area contributed by atoms with Crippen molar-refractivity contribution in [3.63, 3.8) is 0 Å². The highest BCUT2D eigenvalue weighted by molar-refractivity contribution is 5.78. The van der Waals surface area contributed by atoms with Gasteiger partial charge < -0.3 is 10.2 Å². The number of nitrogens with zero attached hydrogens (tertiary/aromatic N) is 2. The van der Waals surface area contributed by atoms with E-state index in [4.69, 9.17) is 0 Å². The Hall–Kier alpha value is -0.610. The standard InChI is InChI=1S/C16H33N3O/c1-13(2)10-17-11-15-6-8-19(9-7-15)12-16(20)18(5)14(3)4/h13-15,17H,6-12H2,1-5H3. The Morgan fingerprint density at radius 2 is 1.85 bits per heavy atom. The lowest BCUT2D eigenvalue weighted by atomic mass is 9.96. The molecule has 4 nitrogen and oxygen atoms in total. The average Bonchev–Trinajstić information content (AvgIpc) is 2.39. The minimum atomic E-state index is 0.247. The van der Waals surface area contributed by atoms with E-state index >= 15 is 0 Å². The Morgan fingerprint density at radius 1 is 1.25 bits per heavy atom. The first-order valence-electron chi connectivity index (χ1n) is 8.08. The van der Waals surface area contributed by atoms with E-state index in [0.29, 0.717) is 12.6 Å². The van der Waals surface area contributed by atoms with Crippen molar-refractivity contribution >= 4 is 5.91 Å². The van der Waals surface area contributed by atoms with E-state index in [9.17, 15) is 4.79 Å². The number of piperidine rings is 1. The summed E-state index contributed by atoms with van der Waals surface area (Å²) in [5, 5.41) is 3.55. The Kier molecular flexibility index (Phi) is 7.52. The molecule has 4 heteroatoms. The molecule has 0 aliphatic carbocycles. The lowest BCUT2D eigenvalue weighted by Crippen LogP contribution is -2.45. The molecule has 0 aromatic rings. The molecule has 0 bridgehead atoms. The van der Waals surface area contributed by atoms with E-state index in [2.05, 4.69) is 37.9 Å². The number of hydrogen-bond donors (Lipinski definition) is 1. The zero-order chi connectivity index (χ0) is 15.1. The first-order valence-corrected chi connectivity index (χ1v) is 8.08. The van der Waals surface area contributed by atoms with Gasteiger partial charge in [-0.25, -0.2) is 0 Å². The van der Waals surface area contributed by atoms with Crippen LogP contribution in [0, 0.1) is 11.8 Å². The van der Waals surface area contributed by atoms with Crippen LogP contribution >= 0.6 is 0 Å². The van der Waals surface area contributed by atoms with Crippen LogP contribution in [0.2, 0.25) is 0 Å².